The summed E-state index contributed by atoms with van der Waals surface area (Å²) in [5.74, 6) is 0.605. The van der Waals surface area contributed by atoms with E-state index in [-0.39, 0.29) is 54.0 Å². The third-order valence-electron chi connectivity index (χ3n) is 8.18. The quantitative estimate of drug-likeness (QED) is 0.0366. The van der Waals surface area contributed by atoms with Crippen molar-refractivity contribution in [1.82, 2.24) is 31.9 Å². The first-order chi connectivity index (χ1) is 23.0. The fourth-order valence-electron chi connectivity index (χ4n) is 5.60. The maximum absolute atomic E-state index is 12.7. The number of urea groups is 1. The van der Waals surface area contributed by atoms with Crippen LogP contribution in [0.5, 0.6) is 0 Å². The number of carbonyl (C=O) groups is 5. The molecule has 48 heavy (non-hydrogen) atoms. The maximum atomic E-state index is 12.7. The van der Waals surface area contributed by atoms with Crippen LogP contribution in [-0.4, -0.2) is 105 Å². The number of fused-ring (bicyclic) bond motifs is 1. The number of carbonyl (C=O) groups excluding carboxylic acids is 5. The summed E-state index contributed by atoms with van der Waals surface area (Å²) in [6, 6.07) is -0.382. The van der Waals surface area contributed by atoms with Crippen LogP contribution < -0.4 is 37.6 Å². The minimum absolute atomic E-state index is 0.0396. The average molecular weight is 736 g/mol. The molecule has 2 aliphatic heterocycles. The third kappa shape index (κ3) is 19.1. The number of nitrogens with two attached hydrogens (primary N) is 1. The topological polar surface area (TPSA) is 218 Å². The first kappa shape index (κ1) is 41.9. The number of nitrogens with one attached hydrogen (secondary N) is 6. The van der Waals surface area contributed by atoms with E-state index in [1.54, 1.807) is 0 Å². The van der Waals surface area contributed by atoms with E-state index in [2.05, 4.69) is 31.9 Å². The van der Waals surface area contributed by atoms with Gasteiger partial charge in [-0.05, 0) is 75.1 Å². The first-order valence-electron chi connectivity index (χ1n) is 17.3. The van der Waals surface area contributed by atoms with Gasteiger partial charge in [0.2, 0.25) is 23.6 Å². The molecule has 2 aliphatic rings. The Bertz CT molecular complexity index is 1130. The lowest BCUT2D eigenvalue weighted by molar-refractivity contribution is -0.129. The summed E-state index contributed by atoms with van der Waals surface area (Å²) < 4.78 is 22.6. The monoisotopic (exact) mass is 735 g/mol. The Morgan fingerprint density at radius 2 is 1.46 bits per heavy atom. The average Bonchev–Trinajstić information content (AvgIpc) is 3.59. The fraction of sp³-hybridized carbons (Fsp3) is 0.839. The number of hydrogen-bond donors (Lipinski definition) is 7. The van der Waals surface area contributed by atoms with Gasteiger partial charge in [0.1, 0.15) is 6.04 Å². The largest absolute Gasteiger partial charge is 0.356 e. The summed E-state index contributed by atoms with van der Waals surface area (Å²) in [7, 11) is -2.44. The zero-order chi connectivity index (χ0) is 35.2. The molecule has 2 saturated heterocycles. The summed E-state index contributed by atoms with van der Waals surface area (Å²) in [6.07, 6.45) is 11.5. The molecule has 6 amide bonds. The van der Waals surface area contributed by atoms with E-state index in [1.807, 2.05) is 11.8 Å². The molecule has 0 aromatic heterocycles. The first-order valence-corrected chi connectivity index (χ1v) is 21.8. The van der Waals surface area contributed by atoms with Crippen molar-refractivity contribution >= 4 is 61.1 Å². The molecule has 0 unspecified atom stereocenters. The summed E-state index contributed by atoms with van der Waals surface area (Å²) in [6.45, 7) is 1.80. The Hall–Kier alpha value is -2.24. The lowest BCUT2D eigenvalue weighted by Gasteiger charge is -2.18. The van der Waals surface area contributed by atoms with E-state index in [9.17, 15) is 32.4 Å². The van der Waals surface area contributed by atoms with Crippen molar-refractivity contribution in [3.63, 3.8) is 0 Å². The predicted molar refractivity (Wildman–Crippen MR) is 192 cm³/mol. The highest BCUT2D eigenvalue weighted by Gasteiger charge is 2.42. The van der Waals surface area contributed by atoms with Crippen molar-refractivity contribution in [2.24, 2.45) is 5.73 Å². The molecule has 276 valence electrons. The molecule has 0 spiro atoms. The Morgan fingerprint density at radius 1 is 0.833 bits per heavy atom. The van der Waals surface area contributed by atoms with Gasteiger partial charge in [-0.2, -0.15) is 11.8 Å². The third-order valence-corrected chi connectivity index (χ3v) is 12.3. The molecule has 0 bridgehead atoms. The van der Waals surface area contributed by atoms with Crippen molar-refractivity contribution in [2.75, 3.05) is 43.9 Å². The summed E-state index contributed by atoms with van der Waals surface area (Å²) >= 11 is 1.89. The maximum Gasteiger partial charge on any atom is 0.315 e. The van der Waals surface area contributed by atoms with Crippen LogP contribution in [0.2, 0.25) is 0 Å². The predicted octanol–water partition coefficient (Wildman–Crippen LogP) is 1.49. The van der Waals surface area contributed by atoms with Crippen LogP contribution in [0.15, 0.2) is 0 Å². The van der Waals surface area contributed by atoms with E-state index in [1.165, 1.54) is 0 Å². The van der Waals surface area contributed by atoms with Crippen molar-refractivity contribution in [1.29, 1.82) is 0 Å². The van der Waals surface area contributed by atoms with Crippen LogP contribution in [0.25, 0.3) is 0 Å². The molecule has 4 atom stereocenters. The van der Waals surface area contributed by atoms with Gasteiger partial charge in [0.05, 0.1) is 12.1 Å². The zero-order valence-electron chi connectivity index (χ0n) is 28.3. The molecule has 0 radical (unpaired) electrons. The molecule has 0 aromatic rings. The van der Waals surface area contributed by atoms with Crippen molar-refractivity contribution in [3.8, 4) is 0 Å². The number of hydrogen-bond acceptors (Lipinski definition) is 10. The molecule has 0 aromatic carbocycles. The molecular formula is C31H57N7O7S3. The SMILES string of the molecule is CS(=O)(=O)SCCNC(=O)[C@H](CCCCNC(=O)CCCCCNC(=O)CCCC[C@H]1SC[C@H]2NC(=O)N[C@@H]21)NC(=O)CCCCCN. The molecule has 0 saturated carbocycles. The molecule has 2 heterocycles. The lowest BCUT2D eigenvalue weighted by atomic mass is 10.0. The van der Waals surface area contributed by atoms with Gasteiger partial charge in [-0.1, -0.05) is 19.3 Å². The van der Waals surface area contributed by atoms with E-state index in [0.717, 1.165) is 74.2 Å². The zero-order valence-corrected chi connectivity index (χ0v) is 30.8. The minimum atomic E-state index is -3.20. The van der Waals surface area contributed by atoms with Crippen LogP contribution in [0, 0.1) is 0 Å². The Labute approximate surface area is 293 Å². The molecule has 8 N–H and O–H groups in total. The van der Waals surface area contributed by atoms with Crippen molar-refractivity contribution < 1.29 is 32.4 Å². The Morgan fingerprint density at radius 3 is 2.12 bits per heavy atom. The smallest absolute Gasteiger partial charge is 0.315 e. The number of rotatable bonds is 27. The minimum Gasteiger partial charge on any atom is -0.356 e. The van der Waals surface area contributed by atoms with Crippen molar-refractivity contribution in [3.05, 3.63) is 0 Å². The Kier molecular flexibility index (Phi) is 21.0. The fourth-order valence-corrected chi connectivity index (χ4v) is 8.79. The standard InChI is InChI=1S/C31H57N7O7S3/c1-48(44,45)47-21-20-35-30(42)23(36-28(41)16-4-2-9-17-32)12-8-11-19-34-26(39)14-5-3-10-18-33-27(40)15-7-6-13-25-29-24(22-46-25)37-31(43)38-29/h23-25,29H,2-22,32H2,1H3,(H,33,40)(H,34,39)(H,35,42)(H,36,41)(H2,37,38,43)/t23-,24+,25+,29-/m0/s1. The van der Waals surface area contributed by atoms with Crippen LogP contribution in [0.4, 0.5) is 4.79 Å². The summed E-state index contributed by atoms with van der Waals surface area (Å²) in [5, 5.41) is 17.7. The second-order valence-electron chi connectivity index (χ2n) is 12.4. The normalized spacial score (nSPS) is 19.1. The molecule has 17 heteroatoms. The molecule has 2 rings (SSSR count). The van der Waals surface area contributed by atoms with Crippen LogP contribution in [-0.2, 0) is 28.0 Å². The highest BCUT2D eigenvalue weighted by molar-refractivity contribution is 8.71. The van der Waals surface area contributed by atoms with Gasteiger partial charge in [-0.3, -0.25) is 19.2 Å². The second-order valence-corrected chi connectivity index (χ2v) is 18.3. The van der Waals surface area contributed by atoms with Crippen LogP contribution >= 0.6 is 22.6 Å². The molecule has 2 fully saturated rings. The lowest BCUT2D eigenvalue weighted by Crippen LogP contribution is -2.47. The highest BCUT2D eigenvalue weighted by atomic mass is 33.1. The molecule has 14 nitrogen and oxygen atoms in total. The molecular weight excluding hydrogens is 679 g/mol. The Balaban J connectivity index is 1.50. The van der Waals surface area contributed by atoms with Gasteiger partial charge in [-0.25, -0.2) is 13.2 Å². The van der Waals surface area contributed by atoms with Gasteiger partial charge in [0.15, 0.2) is 8.87 Å². The van der Waals surface area contributed by atoms with E-state index >= 15 is 0 Å². The van der Waals surface area contributed by atoms with Gasteiger partial charge >= 0.3 is 6.03 Å². The van der Waals surface area contributed by atoms with Gasteiger partial charge < -0.3 is 37.6 Å². The van der Waals surface area contributed by atoms with E-state index < -0.39 is 14.9 Å². The number of amides is 6. The van der Waals surface area contributed by atoms with Gasteiger partial charge in [-0.15, -0.1) is 0 Å². The van der Waals surface area contributed by atoms with E-state index in [4.69, 9.17) is 5.73 Å². The highest BCUT2D eigenvalue weighted by Crippen LogP contribution is 2.33. The number of thioether (sulfide) groups is 1. The molecule has 0 aliphatic carbocycles. The van der Waals surface area contributed by atoms with Crippen molar-refractivity contribution in [2.45, 2.75) is 120 Å². The summed E-state index contributed by atoms with van der Waals surface area (Å²) in [5.41, 5.74) is 5.50. The van der Waals surface area contributed by atoms with Gasteiger partial charge in [0, 0.05) is 61.9 Å². The van der Waals surface area contributed by atoms with Crippen LogP contribution in [0.3, 0.4) is 0 Å². The second kappa shape index (κ2) is 24.0. The van der Waals surface area contributed by atoms with Crippen LogP contribution in [0.1, 0.15) is 96.3 Å². The van der Waals surface area contributed by atoms with Gasteiger partial charge in [0.25, 0.3) is 0 Å². The van der Waals surface area contributed by atoms with E-state index in [0.29, 0.717) is 69.8 Å². The summed E-state index contributed by atoms with van der Waals surface area (Å²) in [4.78, 5) is 61.0. The number of unbranched alkanes of at least 4 members (excludes halogenated alkanes) is 6.